The van der Waals surface area contributed by atoms with E-state index in [1.165, 1.54) is 0 Å². The summed E-state index contributed by atoms with van der Waals surface area (Å²) in [6.45, 7) is 5.67. The van der Waals surface area contributed by atoms with Crippen LogP contribution >= 0.6 is 11.8 Å². The number of carbonyl (C=O) groups is 1. The molecule has 10 heteroatoms. The van der Waals surface area contributed by atoms with Gasteiger partial charge in [0.1, 0.15) is 0 Å². The number of nitrogens with zero attached hydrogens (tertiary/aromatic N) is 3. The first kappa shape index (κ1) is 19.1. The molecule has 1 amide bonds. The molecule has 2 aromatic rings. The number of alkyl halides is 3. The van der Waals surface area contributed by atoms with Crippen molar-refractivity contribution in [2.45, 2.75) is 43.3 Å². The van der Waals surface area contributed by atoms with E-state index >= 15 is 0 Å². The highest BCUT2D eigenvalue weighted by Gasteiger charge is 2.38. The van der Waals surface area contributed by atoms with Crippen LogP contribution in [0.25, 0.3) is 0 Å². The van der Waals surface area contributed by atoms with E-state index < -0.39 is 17.3 Å². The van der Waals surface area contributed by atoms with Gasteiger partial charge in [-0.25, -0.2) is 4.68 Å². The van der Waals surface area contributed by atoms with Crippen molar-refractivity contribution < 1.29 is 18.0 Å². The van der Waals surface area contributed by atoms with Crippen LogP contribution in [0.3, 0.4) is 0 Å². The maximum atomic E-state index is 12.6. The fraction of sp³-hybridized carbons (Fsp3) is 0.400. The molecule has 6 nitrogen and oxygen atoms in total. The summed E-state index contributed by atoms with van der Waals surface area (Å²) in [5.74, 6) is 4.04. The Morgan fingerprint density at radius 1 is 1.20 bits per heavy atom. The molecule has 0 aliphatic rings. The number of nitrogens with one attached hydrogen (secondary N) is 1. The summed E-state index contributed by atoms with van der Waals surface area (Å²) in [6, 6.07) is 7.37. The first-order valence-corrected chi connectivity index (χ1v) is 8.32. The molecule has 0 aliphatic heterocycles. The van der Waals surface area contributed by atoms with E-state index in [2.05, 4.69) is 29.4 Å². The van der Waals surface area contributed by atoms with Crippen molar-refractivity contribution in [2.24, 2.45) is 0 Å². The van der Waals surface area contributed by atoms with Gasteiger partial charge in [0.2, 0.25) is 11.1 Å². The van der Waals surface area contributed by atoms with Gasteiger partial charge in [-0.15, -0.1) is 10.2 Å². The number of benzene rings is 1. The van der Waals surface area contributed by atoms with E-state index in [0.717, 1.165) is 17.3 Å². The third-order valence-electron chi connectivity index (χ3n) is 3.41. The molecule has 2 rings (SSSR count). The number of halogens is 3. The first-order chi connectivity index (χ1) is 11.6. The van der Waals surface area contributed by atoms with Crippen LogP contribution in [-0.4, -0.2) is 26.0 Å². The molecule has 0 fully saturated rings. The van der Waals surface area contributed by atoms with Gasteiger partial charge in [0.25, 0.3) is 5.82 Å². The minimum absolute atomic E-state index is 0.190. The predicted molar refractivity (Wildman–Crippen MR) is 89.7 cm³/mol. The third-order valence-corrected chi connectivity index (χ3v) is 4.47. The zero-order chi connectivity index (χ0) is 18.8. The lowest BCUT2D eigenvalue weighted by molar-refractivity contribution is -0.146. The average Bonchev–Trinajstić information content (AvgIpc) is 2.88. The smallest absolute Gasteiger partial charge is 0.335 e. The number of hydrogen-bond acceptors (Lipinski definition) is 5. The maximum absolute atomic E-state index is 12.6. The Morgan fingerprint density at radius 2 is 1.80 bits per heavy atom. The molecule has 0 radical (unpaired) electrons. The number of nitrogens with two attached hydrogens (primary N) is 1. The Morgan fingerprint density at radius 3 is 2.28 bits per heavy atom. The number of anilines is 1. The number of nitrogen functional groups attached to an aromatic ring is 1. The van der Waals surface area contributed by atoms with E-state index in [0.29, 0.717) is 16.3 Å². The van der Waals surface area contributed by atoms with Crippen LogP contribution in [0.4, 0.5) is 18.9 Å². The fourth-order valence-electron chi connectivity index (χ4n) is 1.96. The molecule has 1 heterocycles. The standard InChI is InChI=1S/C15H18F3N5OS/c1-8(2)10-4-6-11(7-5-10)20-12(24)9(3)25-14-22-21-13(23(14)19)15(16,17)18/h4-9H,19H2,1-3H3,(H,20,24)/t9-/m1/s1. The molecule has 1 aromatic carbocycles. The zero-order valence-corrected chi connectivity index (χ0v) is 14.6. The Balaban J connectivity index is 2.02. The lowest BCUT2D eigenvalue weighted by Gasteiger charge is -2.13. The number of thioether (sulfide) groups is 1. The predicted octanol–water partition coefficient (Wildman–Crippen LogP) is 3.25. The number of rotatable bonds is 5. The average molecular weight is 373 g/mol. The third kappa shape index (κ3) is 4.65. The van der Waals surface area contributed by atoms with Gasteiger partial charge < -0.3 is 11.2 Å². The van der Waals surface area contributed by atoms with Crippen LogP contribution in [0.1, 0.15) is 38.1 Å². The summed E-state index contributed by atoms with van der Waals surface area (Å²) in [4.78, 5) is 12.2. The van der Waals surface area contributed by atoms with Gasteiger partial charge in [0, 0.05) is 5.69 Å². The summed E-state index contributed by atoms with van der Waals surface area (Å²) >= 11 is 0.795. The molecule has 0 saturated carbocycles. The first-order valence-electron chi connectivity index (χ1n) is 7.44. The monoisotopic (exact) mass is 373 g/mol. The van der Waals surface area contributed by atoms with Crippen molar-refractivity contribution in [3.8, 4) is 0 Å². The van der Waals surface area contributed by atoms with E-state index in [1.54, 1.807) is 19.1 Å². The number of hydrogen-bond donors (Lipinski definition) is 2. The molecule has 1 aromatic heterocycles. The van der Waals surface area contributed by atoms with Crippen LogP contribution in [0.5, 0.6) is 0 Å². The summed E-state index contributed by atoms with van der Waals surface area (Å²) in [6.07, 6.45) is -4.70. The molecule has 1 atom stereocenters. The Labute approximate surface area is 147 Å². The number of amides is 1. The van der Waals surface area contributed by atoms with E-state index in [1.807, 2.05) is 12.1 Å². The molecule has 0 saturated heterocycles. The molecule has 0 spiro atoms. The second-order valence-corrected chi connectivity index (χ2v) is 7.01. The van der Waals surface area contributed by atoms with Gasteiger partial charge in [0.15, 0.2) is 0 Å². The largest absolute Gasteiger partial charge is 0.453 e. The van der Waals surface area contributed by atoms with Crippen LogP contribution in [-0.2, 0) is 11.0 Å². The molecular formula is C15H18F3N5OS. The van der Waals surface area contributed by atoms with Gasteiger partial charge in [0.05, 0.1) is 5.25 Å². The minimum Gasteiger partial charge on any atom is -0.335 e. The van der Waals surface area contributed by atoms with Crippen molar-refractivity contribution in [3.63, 3.8) is 0 Å². The molecule has 136 valence electrons. The fourth-order valence-corrected chi connectivity index (χ4v) is 2.73. The zero-order valence-electron chi connectivity index (χ0n) is 13.8. The Kier molecular flexibility index (Phi) is 5.61. The summed E-state index contributed by atoms with van der Waals surface area (Å²) < 4.78 is 38.3. The van der Waals surface area contributed by atoms with E-state index in [4.69, 9.17) is 5.84 Å². The van der Waals surface area contributed by atoms with Gasteiger partial charge in [-0.05, 0) is 30.5 Å². The Bertz CT molecular complexity index is 743. The second-order valence-electron chi connectivity index (χ2n) is 5.70. The summed E-state index contributed by atoms with van der Waals surface area (Å²) in [5, 5.41) is 8.22. The second kappa shape index (κ2) is 7.34. The highest BCUT2D eigenvalue weighted by molar-refractivity contribution is 8.00. The van der Waals surface area contributed by atoms with Crippen LogP contribution in [0.2, 0.25) is 0 Å². The van der Waals surface area contributed by atoms with Gasteiger partial charge in [-0.3, -0.25) is 4.79 Å². The highest BCUT2D eigenvalue weighted by atomic mass is 32.2. The molecule has 0 bridgehead atoms. The summed E-state index contributed by atoms with van der Waals surface area (Å²) in [7, 11) is 0. The van der Waals surface area contributed by atoms with Crippen molar-refractivity contribution in [1.82, 2.24) is 14.9 Å². The molecule has 0 unspecified atom stereocenters. The number of aromatic nitrogens is 3. The topological polar surface area (TPSA) is 85.8 Å². The highest BCUT2D eigenvalue weighted by Crippen LogP contribution is 2.30. The summed E-state index contributed by atoms with van der Waals surface area (Å²) in [5.41, 5.74) is 1.74. The molecule has 0 aliphatic carbocycles. The normalized spacial score (nSPS) is 13.1. The van der Waals surface area contributed by atoms with Gasteiger partial charge in [-0.2, -0.15) is 13.2 Å². The maximum Gasteiger partial charge on any atom is 0.453 e. The Hall–Kier alpha value is -2.23. The quantitative estimate of drug-likeness (QED) is 0.621. The van der Waals surface area contributed by atoms with Crippen molar-refractivity contribution in [2.75, 3.05) is 11.2 Å². The van der Waals surface area contributed by atoms with Crippen molar-refractivity contribution >= 4 is 23.4 Å². The van der Waals surface area contributed by atoms with Gasteiger partial charge >= 0.3 is 6.18 Å². The van der Waals surface area contributed by atoms with Crippen molar-refractivity contribution in [1.29, 1.82) is 0 Å². The van der Waals surface area contributed by atoms with Gasteiger partial charge in [-0.1, -0.05) is 37.7 Å². The van der Waals surface area contributed by atoms with E-state index in [-0.39, 0.29) is 11.1 Å². The lowest BCUT2D eigenvalue weighted by atomic mass is 10.0. The van der Waals surface area contributed by atoms with Crippen LogP contribution in [0.15, 0.2) is 29.4 Å². The SMILES string of the molecule is CC(C)c1ccc(NC(=O)[C@@H](C)Sc2nnc(C(F)(F)F)n2N)cc1. The molecular weight excluding hydrogens is 355 g/mol. The van der Waals surface area contributed by atoms with E-state index in [9.17, 15) is 18.0 Å². The minimum atomic E-state index is -4.70. The molecule has 3 N–H and O–H groups in total. The van der Waals surface area contributed by atoms with Crippen LogP contribution < -0.4 is 11.2 Å². The van der Waals surface area contributed by atoms with Crippen molar-refractivity contribution in [3.05, 3.63) is 35.7 Å². The molecule has 25 heavy (non-hydrogen) atoms. The van der Waals surface area contributed by atoms with Crippen LogP contribution in [0, 0.1) is 0 Å². The number of carbonyl (C=O) groups excluding carboxylic acids is 1. The lowest BCUT2D eigenvalue weighted by Crippen LogP contribution is -2.25.